The lowest BCUT2D eigenvalue weighted by atomic mass is 10.4. The molecule has 0 atom stereocenters. The van der Waals surface area contributed by atoms with Gasteiger partial charge in [0.1, 0.15) is 0 Å². The van der Waals surface area contributed by atoms with Crippen LogP contribution < -0.4 is 4.90 Å². The Hall–Kier alpha value is -1.01. The molecule has 0 amide bonds. The molecule has 1 N–H and O–H groups in total. The van der Waals surface area contributed by atoms with E-state index in [9.17, 15) is 4.79 Å². The Balaban J connectivity index is 3.32. The van der Waals surface area contributed by atoms with Crippen LogP contribution in [0.4, 0.5) is 0 Å². The summed E-state index contributed by atoms with van der Waals surface area (Å²) in [5, 5.41) is 0. The quantitative estimate of drug-likeness (QED) is 0.405. The summed E-state index contributed by atoms with van der Waals surface area (Å²) < 4.78 is 4.65. The minimum atomic E-state index is -0.218. The third kappa shape index (κ3) is 6.88. The highest BCUT2D eigenvalue weighted by molar-refractivity contribution is 5.69. The number of hydrogen-bond acceptors (Lipinski definition) is 2. The van der Waals surface area contributed by atoms with Crippen molar-refractivity contribution >= 4 is 5.97 Å². The van der Waals surface area contributed by atoms with Crippen molar-refractivity contribution in [3.63, 3.8) is 0 Å². The van der Waals surface area contributed by atoms with Crippen molar-refractivity contribution in [1.29, 1.82) is 0 Å². The molecule has 0 aliphatic heterocycles. The van der Waals surface area contributed by atoms with E-state index in [1.54, 1.807) is 0 Å². The molecule has 62 valence electrons. The Labute approximate surface area is 67.3 Å². The lowest BCUT2D eigenvalue weighted by Crippen LogP contribution is -3.05. The van der Waals surface area contributed by atoms with Crippen molar-refractivity contribution in [2.75, 3.05) is 27.2 Å². The Morgan fingerprint density at radius 1 is 1.64 bits per heavy atom. The van der Waals surface area contributed by atoms with Gasteiger partial charge >= 0.3 is 5.97 Å². The Morgan fingerprint density at radius 3 is 2.73 bits per heavy atom. The summed E-state index contributed by atoms with van der Waals surface area (Å²) in [6.07, 6.45) is 5.33. The summed E-state index contributed by atoms with van der Waals surface area (Å²) in [5.41, 5.74) is 0. The first-order chi connectivity index (χ1) is 5.16. The third-order valence-electron chi connectivity index (χ3n) is 1.15. The van der Waals surface area contributed by atoms with Crippen molar-refractivity contribution in [3.05, 3.63) is 0 Å². The zero-order chi connectivity index (χ0) is 8.69. The highest BCUT2D eigenvalue weighted by atomic mass is 16.5. The number of hydrogen-bond donors (Lipinski definition) is 1. The molecule has 0 saturated heterocycles. The van der Waals surface area contributed by atoms with E-state index in [-0.39, 0.29) is 12.6 Å². The molecule has 11 heavy (non-hydrogen) atoms. The third-order valence-corrected chi connectivity index (χ3v) is 1.15. The fourth-order valence-corrected chi connectivity index (χ4v) is 0.546. The van der Waals surface area contributed by atoms with E-state index in [1.807, 2.05) is 14.1 Å². The fourth-order valence-electron chi connectivity index (χ4n) is 0.546. The first kappa shape index (κ1) is 9.99. The maximum atomic E-state index is 10.8. The lowest BCUT2D eigenvalue weighted by molar-refractivity contribution is -0.857. The molecule has 3 heteroatoms. The summed E-state index contributed by atoms with van der Waals surface area (Å²) in [7, 11) is 3.96. The average Bonchev–Trinajstić information content (AvgIpc) is 1.97. The van der Waals surface area contributed by atoms with Crippen LogP contribution in [0.2, 0.25) is 0 Å². The molecule has 0 bridgehead atoms. The van der Waals surface area contributed by atoms with Crippen LogP contribution in [0.5, 0.6) is 0 Å². The van der Waals surface area contributed by atoms with Crippen molar-refractivity contribution < 1.29 is 14.4 Å². The zero-order valence-corrected chi connectivity index (χ0v) is 7.02. The molecule has 0 saturated carbocycles. The van der Waals surface area contributed by atoms with Crippen LogP contribution in [0, 0.1) is 12.3 Å². The van der Waals surface area contributed by atoms with Gasteiger partial charge in [0.05, 0.1) is 27.1 Å². The summed E-state index contributed by atoms with van der Waals surface area (Å²) in [6.45, 7) is 0.866. The van der Waals surface area contributed by atoms with E-state index < -0.39 is 0 Å². The minimum absolute atomic E-state index is 0.0849. The Kier molecular flexibility index (Phi) is 5.22. The summed E-state index contributed by atoms with van der Waals surface area (Å²) in [5.74, 6) is 2.02. The summed E-state index contributed by atoms with van der Waals surface area (Å²) in [4.78, 5) is 12.0. The van der Waals surface area contributed by atoms with Gasteiger partial charge in [0.25, 0.3) is 0 Å². The van der Waals surface area contributed by atoms with Crippen molar-refractivity contribution in [3.8, 4) is 12.3 Å². The minimum Gasteiger partial charge on any atom is -0.452 e. The molecule has 0 fully saturated rings. The predicted octanol–water partition coefficient (Wildman–Crippen LogP) is -1.30. The van der Waals surface area contributed by atoms with Gasteiger partial charge in [-0.1, -0.05) is 5.92 Å². The molecule has 0 aromatic carbocycles. The van der Waals surface area contributed by atoms with Crippen LogP contribution in [0.1, 0.15) is 6.42 Å². The standard InChI is InChI=1S/C8H13NO2/c1-4-7-11-8(10)5-6-9(2)3/h1H,5-7H2,2-3H3/p+1. The molecule has 0 unspecified atom stereocenters. The number of rotatable bonds is 4. The van der Waals surface area contributed by atoms with Crippen molar-refractivity contribution in [1.82, 2.24) is 0 Å². The second-order valence-electron chi connectivity index (χ2n) is 2.57. The second-order valence-corrected chi connectivity index (χ2v) is 2.57. The molecule has 0 aromatic rings. The molecule has 0 spiro atoms. The van der Waals surface area contributed by atoms with Crippen LogP contribution in [0.15, 0.2) is 0 Å². The van der Waals surface area contributed by atoms with Gasteiger partial charge in [-0.2, -0.15) is 0 Å². The first-order valence-electron chi connectivity index (χ1n) is 3.55. The van der Waals surface area contributed by atoms with E-state index in [2.05, 4.69) is 10.7 Å². The van der Waals surface area contributed by atoms with Crippen LogP contribution >= 0.6 is 0 Å². The van der Waals surface area contributed by atoms with Crippen molar-refractivity contribution in [2.45, 2.75) is 6.42 Å². The molecule has 0 aromatic heterocycles. The van der Waals surface area contributed by atoms with Gasteiger partial charge in [0.2, 0.25) is 0 Å². The topological polar surface area (TPSA) is 30.7 Å². The Bertz CT molecular complexity index is 158. The van der Waals surface area contributed by atoms with Gasteiger partial charge < -0.3 is 9.64 Å². The van der Waals surface area contributed by atoms with Gasteiger partial charge in [-0.15, -0.1) is 6.42 Å². The molecule has 3 nitrogen and oxygen atoms in total. The molecule has 0 rings (SSSR count). The van der Waals surface area contributed by atoms with Crippen LogP contribution in [0.3, 0.4) is 0 Å². The van der Waals surface area contributed by atoms with E-state index in [0.29, 0.717) is 6.42 Å². The predicted molar refractivity (Wildman–Crippen MR) is 42.1 cm³/mol. The smallest absolute Gasteiger partial charge is 0.312 e. The first-order valence-corrected chi connectivity index (χ1v) is 3.55. The van der Waals surface area contributed by atoms with Crippen LogP contribution in [-0.2, 0) is 9.53 Å². The van der Waals surface area contributed by atoms with Gasteiger partial charge in [-0.25, -0.2) is 0 Å². The number of terminal acetylenes is 1. The highest BCUT2D eigenvalue weighted by Crippen LogP contribution is 1.81. The molecular formula is C8H14NO2+. The van der Waals surface area contributed by atoms with Crippen molar-refractivity contribution in [2.24, 2.45) is 0 Å². The number of carbonyl (C=O) groups excluding carboxylic acids is 1. The highest BCUT2D eigenvalue weighted by Gasteiger charge is 2.03. The number of ether oxygens (including phenoxy) is 1. The molecule has 0 radical (unpaired) electrons. The van der Waals surface area contributed by atoms with Gasteiger partial charge in [-0.3, -0.25) is 4.79 Å². The fraction of sp³-hybridized carbons (Fsp3) is 0.625. The normalized spacial score (nSPS) is 9.27. The zero-order valence-electron chi connectivity index (χ0n) is 7.02. The van der Waals surface area contributed by atoms with E-state index in [4.69, 9.17) is 6.42 Å². The number of carbonyl (C=O) groups is 1. The Morgan fingerprint density at radius 2 is 2.27 bits per heavy atom. The largest absolute Gasteiger partial charge is 0.452 e. The second kappa shape index (κ2) is 5.75. The van der Waals surface area contributed by atoms with Gasteiger partial charge in [0, 0.05) is 0 Å². The van der Waals surface area contributed by atoms with Gasteiger partial charge in [-0.05, 0) is 0 Å². The molecule has 0 aliphatic carbocycles. The summed E-state index contributed by atoms with van der Waals surface area (Å²) in [6, 6.07) is 0. The average molecular weight is 156 g/mol. The number of quaternary nitrogens is 1. The van der Waals surface area contributed by atoms with Crippen LogP contribution in [0.25, 0.3) is 0 Å². The monoisotopic (exact) mass is 156 g/mol. The number of nitrogens with one attached hydrogen (secondary N) is 1. The van der Waals surface area contributed by atoms with E-state index in [0.717, 1.165) is 6.54 Å². The molecular weight excluding hydrogens is 142 g/mol. The molecule has 0 heterocycles. The lowest BCUT2D eigenvalue weighted by Gasteiger charge is -2.05. The maximum absolute atomic E-state index is 10.8. The number of esters is 1. The van der Waals surface area contributed by atoms with E-state index in [1.165, 1.54) is 4.90 Å². The van der Waals surface area contributed by atoms with E-state index >= 15 is 0 Å². The maximum Gasteiger partial charge on any atom is 0.312 e. The molecule has 0 aliphatic rings. The van der Waals surface area contributed by atoms with Gasteiger partial charge in [0.15, 0.2) is 6.61 Å². The SMILES string of the molecule is C#CCOC(=O)CC[NH+](C)C. The van der Waals surface area contributed by atoms with Crippen LogP contribution in [-0.4, -0.2) is 33.2 Å². The summed E-state index contributed by atoms with van der Waals surface area (Å²) >= 11 is 0.